The Morgan fingerprint density at radius 3 is 2.88 bits per heavy atom. The molecule has 0 fully saturated rings. The molecule has 4 nitrogen and oxygen atoms in total. The normalized spacial score (nSPS) is 9.94. The van der Waals surface area contributed by atoms with E-state index in [1.807, 2.05) is 19.9 Å². The smallest absolute Gasteiger partial charge is 0.298 e. The maximum Gasteiger partial charge on any atom is 0.298 e. The van der Waals surface area contributed by atoms with Crippen molar-refractivity contribution in [2.45, 2.75) is 20.4 Å². The highest BCUT2D eigenvalue weighted by Crippen LogP contribution is 2.12. The van der Waals surface area contributed by atoms with Gasteiger partial charge in [0, 0.05) is 12.5 Å². The summed E-state index contributed by atoms with van der Waals surface area (Å²) in [6, 6.07) is 7.03. The zero-order valence-electron chi connectivity index (χ0n) is 9.40. The molecule has 0 saturated carbocycles. The number of benzene rings is 1. The summed E-state index contributed by atoms with van der Waals surface area (Å²) >= 11 is 0. The predicted octanol–water partition coefficient (Wildman–Crippen LogP) is 1.49. The van der Waals surface area contributed by atoms with Gasteiger partial charge >= 0.3 is 0 Å². The Morgan fingerprint density at radius 1 is 1.50 bits per heavy atom. The van der Waals surface area contributed by atoms with Crippen molar-refractivity contribution < 1.29 is 14.3 Å². The molecule has 86 valence electrons. The summed E-state index contributed by atoms with van der Waals surface area (Å²) in [6.07, 6.45) is 0. The van der Waals surface area contributed by atoms with Gasteiger partial charge in [0.2, 0.25) is 5.91 Å². The molecule has 1 N–H and O–H groups in total. The van der Waals surface area contributed by atoms with E-state index in [1.165, 1.54) is 0 Å². The molecule has 0 aliphatic heterocycles. The third-order valence-corrected chi connectivity index (χ3v) is 2.07. The van der Waals surface area contributed by atoms with Crippen molar-refractivity contribution in [2.75, 3.05) is 0 Å². The topological polar surface area (TPSA) is 55.4 Å². The van der Waals surface area contributed by atoms with Crippen LogP contribution in [0.15, 0.2) is 24.3 Å². The molecule has 0 saturated heterocycles. The van der Waals surface area contributed by atoms with Gasteiger partial charge in [-0.2, -0.15) is 0 Å². The second-order valence-corrected chi connectivity index (χ2v) is 3.73. The summed E-state index contributed by atoms with van der Waals surface area (Å²) in [5.41, 5.74) is 0.897. The van der Waals surface area contributed by atoms with Crippen LogP contribution in [-0.2, 0) is 16.1 Å². The van der Waals surface area contributed by atoms with Gasteiger partial charge in [0.05, 0.1) is 0 Å². The molecule has 1 amide bonds. The number of rotatable bonds is 5. The van der Waals surface area contributed by atoms with Gasteiger partial charge in [-0.15, -0.1) is 0 Å². The lowest BCUT2D eigenvalue weighted by atomic mass is 10.2. The molecule has 1 aromatic carbocycles. The zero-order valence-corrected chi connectivity index (χ0v) is 9.40. The second kappa shape index (κ2) is 5.90. The Kier molecular flexibility index (Phi) is 4.51. The number of hydrogen-bond acceptors (Lipinski definition) is 3. The molecule has 0 aromatic heterocycles. The molecular formula is C12H15NO3. The molecule has 0 aliphatic rings. The molecule has 0 radical (unpaired) electrons. The lowest BCUT2D eigenvalue weighted by Gasteiger charge is -2.08. The van der Waals surface area contributed by atoms with Gasteiger partial charge in [-0.25, -0.2) is 0 Å². The summed E-state index contributed by atoms with van der Waals surface area (Å²) in [5.74, 6) is 0.447. The monoisotopic (exact) mass is 221 g/mol. The quantitative estimate of drug-likeness (QED) is 0.766. The van der Waals surface area contributed by atoms with Gasteiger partial charge < -0.3 is 10.1 Å². The lowest BCUT2D eigenvalue weighted by Crippen LogP contribution is -2.27. The first-order valence-electron chi connectivity index (χ1n) is 5.10. The van der Waals surface area contributed by atoms with E-state index in [1.54, 1.807) is 18.2 Å². The number of ether oxygens (including phenoxy) is 1. The van der Waals surface area contributed by atoms with Crippen LogP contribution in [0.2, 0.25) is 0 Å². The minimum Gasteiger partial charge on any atom is -0.429 e. The Bertz CT molecular complexity index is 374. The minimum absolute atomic E-state index is 0.00158. The van der Waals surface area contributed by atoms with Crippen LogP contribution in [0.5, 0.6) is 5.75 Å². The fourth-order valence-electron chi connectivity index (χ4n) is 1.18. The van der Waals surface area contributed by atoms with Crippen molar-refractivity contribution in [1.82, 2.24) is 5.32 Å². The number of hydrogen-bond donors (Lipinski definition) is 1. The molecular weight excluding hydrogens is 206 g/mol. The molecule has 0 bridgehead atoms. The van der Waals surface area contributed by atoms with Crippen LogP contribution in [0.25, 0.3) is 0 Å². The Morgan fingerprint density at radius 2 is 2.25 bits per heavy atom. The highest BCUT2D eigenvalue weighted by Gasteiger charge is 2.05. The fourth-order valence-corrected chi connectivity index (χ4v) is 1.18. The van der Waals surface area contributed by atoms with E-state index >= 15 is 0 Å². The largest absolute Gasteiger partial charge is 0.429 e. The maximum atomic E-state index is 11.3. The number of carbonyl (C=O) groups excluding carboxylic acids is 2. The first-order valence-corrected chi connectivity index (χ1v) is 5.10. The van der Waals surface area contributed by atoms with Gasteiger partial charge in [0.1, 0.15) is 5.75 Å². The molecule has 4 heteroatoms. The molecule has 1 aromatic rings. The Balaban J connectivity index is 2.57. The van der Waals surface area contributed by atoms with E-state index in [0.29, 0.717) is 18.8 Å². The standard InChI is InChI=1S/C12H15NO3/c1-9(2)12(15)13-7-10-4-3-5-11(6-10)16-8-14/h3-6,8-9H,7H2,1-2H3,(H,13,15). The average molecular weight is 221 g/mol. The molecule has 0 atom stereocenters. The summed E-state index contributed by atoms with van der Waals surface area (Å²) in [5, 5.41) is 2.78. The third kappa shape index (κ3) is 3.73. The summed E-state index contributed by atoms with van der Waals surface area (Å²) in [6.45, 7) is 4.49. The van der Waals surface area contributed by atoms with Crippen LogP contribution in [-0.4, -0.2) is 12.4 Å². The van der Waals surface area contributed by atoms with E-state index in [2.05, 4.69) is 5.32 Å². The molecule has 0 heterocycles. The molecule has 0 spiro atoms. The molecule has 16 heavy (non-hydrogen) atoms. The van der Waals surface area contributed by atoms with Gasteiger partial charge in [-0.3, -0.25) is 9.59 Å². The van der Waals surface area contributed by atoms with Crippen molar-refractivity contribution in [3.8, 4) is 5.75 Å². The average Bonchev–Trinajstić information content (AvgIpc) is 2.26. The van der Waals surface area contributed by atoms with Crippen molar-refractivity contribution >= 4 is 12.4 Å². The zero-order chi connectivity index (χ0) is 12.0. The highest BCUT2D eigenvalue weighted by molar-refractivity contribution is 5.77. The van der Waals surface area contributed by atoms with E-state index in [0.717, 1.165) is 5.56 Å². The molecule has 0 unspecified atom stereocenters. The van der Waals surface area contributed by atoms with Crippen LogP contribution in [0.4, 0.5) is 0 Å². The third-order valence-electron chi connectivity index (χ3n) is 2.07. The summed E-state index contributed by atoms with van der Waals surface area (Å²) in [7, 11) is 0. The fraction of sp³-hybridized carbons (Fsp3) is 0.333. The van der Waals surface area contributed by atoms with Gasteiger partial charge in [-0.1, -0.05) is 26.0 Å². The number of nitrogens with one attached hydrogen (secondary N) is 1. The van der Waals surface area contributed by atoms with Crippen molar-refractivity contribution in [1.29, 1.82) is 0 Å². The van der Waals surface area contributed by atoms with Crippen LogP contribution in [0, 0.1) is 5.92 Å². The van der Waals surface area contributed by atoms with Gasteiger partial charge in [-0.05, 0) is 17.7 Å². The first kappa shape index (κ1) is 12.2. The van der Waals surface area contributed by atoms with E-state index in [4.69, 9.17) is 4.74 Å². The Hall–Kier alpha value is -1.84. The summed E-state index contributed by atoms with van der Waals surface area (Å²) in [4.78, 5) is 21.5. The van der Waals surface area contributed by atoms with Crippen LogP contribution >= 0.6 is 0 Å². The van der Waals surface area contributed by atoms with Gasteiger partial charge in [0.25, 0.3) is 6.47 Å². The van der Waals surface area contributed by atoms with E-state index in [-0.39, 0.29) is 11.8 Å². The Labute approximate surface area is 94.6 Å². The maximum absolute atomic E-state index is 11.3. The lowest BCUT2D eigenvalue weighted by molar-refractivity contribution is -0.124. The molecule has 0 aliphatic carbocycles. The van der Waals surface area contributed by atoms with Crippen LogP contribution < -0.4 is 10.1 Å². The first-order chi connectivity index (χ1) is 7.63. The summed E-state index contributed by atoms with van der Waals surface area (Å²) < 4.78 is 4.71. The predicted molar refractivity (Wildman–Crippen MR) is 59.8 cm³/mol. The van der Waals surface area contributed by atoms with Crippen LogP contribution in [0.3, 0.4) is 0 Å². The minimum atomic E-state index is -0.0330. The van der Waals surface area contributed by atoms with Gasteiger partial charge in [0.15, 0.2) is 0 Å². The van der Waals surface area contributed by atoms with E-state index in [9.17, 15) is 9.59 Å². The molecule has 1 rings (SSSR count). The van der Waals surface area contributed by atoms with Crippen molar-refractivity contribution in [3.05, 3.63) is 29.8 Å². The van der Waals surface area contributed by atoms with Crippen LogP contribution in [0.1, 0.15) is 19.4 Å². The SMILES string of the molecule is CC(C)C(=O)NCc1cccc(OC=O)c1. The van der Waals surface area contributed by atoms with E-state index < -0.39 is 0 Å². The number of amides is 1. The second-order valence-electron chi connectivity index (χ2n) is 3.73. The van der Waals surface area contributed by atoms with Crippen molar-refractivity contribution in [2.24, 2.45) is 5.92 Å². The highest BCUT2D eigenvalue weighted by atomic mass is 16.5. The van der Waals surface area contributed by atoms with Crippen molar-refractivity contribution in [3.63, 3.8) is 0 Å². The number of carbonyl (C=O) groups is 2.